The van der Waals surface area contributed by atoms with Crippen LogP contribution in [-0.2, 0) is 6.61 Å². The van der Waals surface area contributed by atoms with E-state index in [0.717, 1.165) is 19.7 Å². The van der Waals surface area contributed by atoms with Gasteiger partial charge in [0.2, 0.25) is 0 Å². The van der Waals surface area contributed by atoms with E-state index in [1.54, 1.807) is 11.3 Å². The minimum atomic E-state index is 0.0745. The first-order chi connectivity index (χ1) is 5.79. The van der Waals surface area contributed by atoms with Gasteiger partial charge in [-0.2, -0.15) is 0 Å². The molecule has 2 aromatic rings. The lowest BCUT2D eigenvalue weighted by Gasteiger charge is -1.92. The molecule has 62 valence electrons. The first-order valence-corrected chi connectivity index (χ1v) is 5.06. The maximum Gasteiger partial charge on any atom is 0.160 e. The van der Waals surface area contributed by atoms with E-state index in [1.807, 2.05) is 18.2 Å². The first kappa shape index (κ1) is 8.16. The largest absolute Gasteiger partial charge is 0.392 e. The molecule has 0 saturated heterocycles. The van der Waals surface area contributed by atoms with Gasteiger partial charge in [-0.15, -0.1) is 11.3 Å². The smallest absolute Gasteiger partial charge is 0.160 e. The Kier molecular flexibility index (Phi) is 2.12. The van der Waals surface area contributed by atoms with Crippen LogP contribution in [0.1, 0.15) is 5.56 Å². The summed E-state index contributed by atoms with van der Waals surface area (Å²) in [5.41, 5.74) is 1.85. The fraction of sp³-hybridized carbons (Fsp3) is 0.125. The van der Waals surface area contributed by atoms with Crippen LogP contribution in [0.2, 0.25) is 0 Å². The van der Waals surface area contributed by atoms with E-state index in [-0.39, 0.29) is 6.61 Å². The summed E-state index contributed by atoms with van der Waals surface area (Å²) in [7, 11) is 0. The summed E-state index contributed by atoms with van der Waals surface area (Å²) >= 11 is 4.91. The van der Waals surface area contributed by atoms with Crippen molar-refractivity contribution < 1.29 is 5.11 Å². The van der Waals surface area contributed by atoms with Gasteiger partial charge in [0.25, 0.3) is 0 Å². The molecule has 2 nitrogen and oxygen atoms in total. The molecule has 0 radical (unpaired) electrons. The highest BCUT2D eigenvalue weighted by atomic mass is 79.9. The molecule has 12 heavy (non-hydrogen) atoms. The third kappa shape index (κ3) is 1.37. The highest BCUT2D eigenvalue weighted by Gasteiger charge is 2.00. The van der Waals surface area contributed by atoms with Crippen molar-refractivity contribution >= 4 is 37.5 Å². The lowest BCUT2D eigenvalue weighted by Crippen LogP contribution is -1.80. The maximum atomic E-state index is 8.87. The van der Waals surface area contributed by atoms with E-state index < -0.39 is 0 Å². The molecule has 0 aliphatic rings. The molecule has 0 aliphatic carbocycles. The number of thiazole rings is 1. The third-order valence-corrected chi connectivity index (χ3v) is 3.10. The Morgan fingerprint density at radius 2 is 2.33 bits per heavy atom. The second-order valence-corrected chi connectivity index (χ2v) is 4.73. The fourth-order valence-corrected chi connectivity index (χ4v) is 2.43. The van der Waals surface area contributed by atoms with E-state index in [0.29, 0.717) is 0 Å². The summed E-state index contributed by atoms with van der Waals surface area (Å²) in [4.78, 5) is 4.25. The Bertz CT molecular complexity index is 412. The average molecular weight is 244 g/mol. The molecule has 0 atom stereocenters. The van der Waals surface area contributed by atoms with Crippen molar-refractivity contribution in [2.45, 2.75) is 6.61 Å². The molecule has 0 amide bonds. The summed E-state index contributed by atoms with van der Waals surface area (Å²) in [6, 6.07) is 5.78. The van der Waals surface area contributed by atoms with Gasteiger partial charge in [-0.05, 0) is 33.6 Å². The van der Waals surface area contributed by atoms with Crippen LogP contribution < -0.4 is 0 Å². The van der Waals surface area contributed by atoms with E-state index in [2.05, 4.69) is 20.9 Å². The molecule has 2 rings (SSSR count). The number of hydrogen-bond acceptors (Lipinski definition) is 3. The number of aliphatic hydroxyl groups excluding tert-OH is 1. The molecule has 4 heteroatoms. The summed E-state index contributed by atoms with van der Waals surface area (Å²) in [6.45, 7) is 0.0745. The highest BCUT2D eigenvalue weighted by molar-refractivity contribution is 9.11. The van der Waals surface area contributed by atoms with Gasteiger partial charge in [-0.1, -0.05) is 6.07 Å². The minimum Gasteiger partial charge on any atom is -0.392 e. The number of rotatable bonds is 1. The van der Waals surface area contributed by atoms with Crippen LogP contribution in [0.3, 0.4) is 0 Å². The summed E-state index contributed by atoms with van der Waals surface area (Å²) < 4.78 is 2.02. The monoisotopic (exact) mass is 243 g/mol. The van der Waals surface area contributed by atoms with Crippen molar-refractivity contribution in [2.24, 2.45) is 0 Å². The third-order valence-electron chi connectivity index (χ3n) is 1.61. The number of fused-ring (bicyclic) bond motifs is 1. The number of benzene rings is 1. The minimum absolute atomic E-state index is 0.0745. The zero-order chi connectivity index (χ0) is 8.55. The Morgan fingerprint density at radius 1 is 1.50 bits per heavy atom. The summed E-state index contributed by atoms with van der Waals surface area (Å²) in [5.74, 6) is 0. The van der Waals surface area contributed by atoms with E-state index in [9.17, 15) is 0 Å². The number of hydrogen-bond donors (Lipinski definition) is 1. The van der Waals surface area contributed by atoms with Gasteiger partial charge < -0.3 is 5.11 Å². The molecule has 0 unspecified atom stereocenters. The van der Waals surface area contributed by atoms with Crippen LogP contribution in [0, 0.1) is 0 Å². The topological polar surface area (TPSA) is 33.1 Å². The predicted molar refractivity (Wildman–Crippen MR) is 53.2 cm³/mol. The molecular weight excluding hydrogens is 238 g/mol. The first-order valence-electron chi connectivity index (χ1n) is 3.45. The maximum absolute atomic E-state index is 8.87. The van der Waals surface area contributed by atoms with E-state index in [1.165, 1.54) is 0 Å². The van der Waals surface area contributed by atoms with Gasteiger partial charge in [0.15, 0.2) is 3.92 Å². The normalized spacial score (nSPS) is 10.8. The van der Waals surface area contributed by atoms with Gasteiger partial charge in [-0.3, -0.25) is 0 Å². The van der Waals surface area contributed by atoms with Crippen molar-refractivity contribution in [3.63, 3.8) is 0 Å². The number of halogens is 1. The molecule has 0 bridgehead atoms. The van der Waals surface area contributed by atoms with Gasteiger partial charge in [0.05, 0.1) is 16.8 Å². The molecule has 0 aliphatic heterocycles. The molecule has 0 saturated carbocycles. The molecule has 0 spiro atoms. The van der Waals surface area contributed by atoms with Gasteiger partial charge in [0.1, 0.15) is 0 Å². The van der Waals surface area contributed by atoms with Crippen molar-refractivity contribution in [2.75, 3.05) is 0 Å². The number of aliphatic hydroxyl groups is 1. The Labute approximate surface area is 82.0 Å². The van der Waals surface area contributed by atoms with Crippen LogP contribution in [-0.4, -0.2) is 10.1 Å². The second kappa shape index (κ2) is 3.12. The van der Waals surface area contributed by atoms with E-state index >= 15 is 0 Å². The Balaban J connectivity index is 2.66. The quantitative estimate of drug-likeness (QED) is 0.836. The van der Waals surface area contributed by atoms with Crippen molar-refractivity contribution in [3.8, 4) is 0 Å². The fourth-order valence-electron chi connectivity index (χ4n) is 1.04. The SMILES string of the molecule is OCc1ccc2sc(Br)nc2c1. The molecule has 1 aromatic heterocycles. The lowest BCUT2D eigenvalue weighted by atomic mass is 10.2. The molecule has 1 aromatic carbocycles. The van der Waals surface area contributed by atoms with Crippen LogP contribution in [0.4, 0.5) is 0 Å². The Morgan fingerprint density at radius 3 is 3.08 bits per heavy atom. The van der Waals surface area contributed by atoms with Gasteiger partial charge in [0, 0.05) is 0 Å². The van der Waals surface area contributed by atoms with E-state index in [4.69, 9.17) is 5.11 Å². The zero-order valence-corrected chi connectivity index (χ0v) is 8.52. The summed E-state index contributed by atoms with van der Waals surface area (Å²) in [5, 5.41) is 8.87. The highest BCUT2D eigenvalue weighted by Crippen LogP contribution is 2.26. The molecular formula is C8H6BrNOS. The standard InChI is InChI=1S/C8H6BrNOS/c9-8-10-6-3-5(4-11)1-2-7(6)12-8/h1-3,11H,4H2. The molecule has 1 heterocycles. The second-order valence-electron chi connectivity index (χ2n) is 2.43. The number of nitrogens with zero attached hydrogens (tertiary/aromatic N) is 1. The van der Waals surface area contributed by atoms with Gasteiger partial charge in [-0.25, -0.2) is 4.98 Å². The zero-order valence-electron chi connectivity index (χ0n) is 6.12. The van der Waals surface area contributed by atoms with Crippen molar-refractivity contribution in [1.82, 2.24) is 4.98 Å². The summed E-state index contributed by atoms with van der Waals surface area (Å²) in [6.07, 6.45) is 0. The Hall–Kier alpha value is -0.450. The number of aromatic nitrogens is 1. The molecule has 1 N–H and O–H groups in total. The lowest BCUT2D eigenvalue weighted by molar-refractivity contribution is 0.282. The van der Waals surface area contributed by atoms with Crippen LogP contribution in [0.25, 0.3) is 10.2 Å². The van der Waals surface area contributed by atoms with Crippen LogP contribution in [0.15, 0.2) is 22.1 Å². The predicted octanol–water partition coefficient (Wildman–Crippen LogP) is 2.55. The van der Waals surface area contributed by atoms with Gasteiger partial charge >= 0.3 is 0 Å². The van der Waals surface area contributed by atoms with Crippen LogP contribution >= 0.6 is 27.3 Å². The molecule has 0 fully saturated rings. The van der Waals surface area contributed by atoms with Crippen molar-refractivity contribution in [1.29, 1.82) is 0 Å². The average Bonchev–Trinajstić information content (AvgIpc) is 2.43. The van der Waals surface area contributed by atoms with Crippen molar-refractivity contribution in [3.05, 3.63) is 27.7 Å². The van der Waals surface area contributed by atoms with Crippen LogP contribution in [0.5, 0.6) is 0 Å².